The fourth-order valence-corrected chi connectivity index (χ4v) is 4.58. The van der Waals surface area contributed by atoms with Crippen LogP contribution in [0.25, 0.3) is 10.2 Å². The van der Waals surface area contributed by atoms with Gasteiger partial charge in [0.05, 0.1) is 40.3 Å². The molecule has 4 N–H and O–H groups in total. The molecule has 0 spiro atoms. The van der Waals surface area contributed by atoms with Crippen molar-refractivity contribution in [1.82, 2.24) is 9.97 Å². The van der Waals surface area contributed by atoms with Gasteiger partial charge in [-0.3, -0.25) is 4.79 Å². The van der Waals surface area contributed by atoms with Crippen molar-refractivity contribution < 1.29 is 14.7 Å². The quantitative estimate of drug-likeness (QED) is 0.387. The van der Waals surface area contributed by atoms with Gasteiger partial charge in [-0.25, -0.2) is 19.7 Å². The number of benzene rings is 2. The van der Waals surface area contributed by atoms with Crippen LogP contribution < -0.4 is 16.0 Å². The number of aromatic nitrogens is 2. The second-order valence-corrected chi connectivity index (χ2v) is 8.33. The Morgan fingerprint density at radius 2 is 1.87 bits per heavy atom. The Morgan fingerprint density at radius 1 is 1.10 bits per heavy atom. The zero-order chi connectivity index (χ0) is 21.1. The number of carboxylic acid groups (broad SMARTS) is 1. The molecular weight excluding hydrogens is 422 g/mol. The van der Waals surface area contributed by atoms with Gasteiger partial charge in [-0.1, -0.05) is 24.3 Å². The van der Waals surface area contributed by atoms with E-state index >= 15 is 0 Å². The van der Waals surface area contributed by atoms with Gasteiger partial charge in [0.25, 0.3) is 0 Å². The number of nitrogen functional groups attached to an aromatic ring is 1. The summed E-state index contributed by atoms with van der Waals surface area (Å²) in [7, 11) is 0. The van der Waals surface area contributed by atoms with Crippen LogP contribution in [0.3, 0.4) is 0 Å². The normalized spacial score (nSPS) is 10.8. The maximum atomic E-state index is 12.3. The number of carbonyl (C=O) groups is 2. The van der Waals surface area contributed by atoms with Crippen molar-refractivity contribution in [1.29, 1.82) is 0 Å². The minimum Gasteiger partial charge on any atom is -0.465 e. The van der Waals surface area contributed by atoms with Crippen LogP contribution in [0.4, 0.5) is 21.3 Å². The Bertz CT molecular complexity index is 1190. The molecule has 0 fully saturated rings. The number of nitrogens with one attached hydrogen (secondary N) is 1. The smallest absolute Gasteiger partial charge is 0.414 e. The molecule has 0 saturated carbocycles. The number of thiazole rings is 2. The zero-order valence-corrected chi connectivity index (χ0v) is 17.2. The highest BCUT2D eigenvalue weighted by atomic mass is 32.1. The summed E-state index contributed by atoms with van der Waals surface area (Å²) in [5, 5.41) is 15.0. The van der Waals surface area contributed by atoms with Gasteiger partial charge in [0, 0.05) is 5.38 Å². The molecule has 4 rings (SSSR count). The van der Waals surface area contributed by atoms with Gasteiger partial charge in [-0.05, 0) is 24.3 Å². The highest BCUT2D eigenvalue weighted by molar-refractivity contribution is 7.18. The molecule has 2 heterocycles. The summed E-state index contributed by atoms with van der Waals surface area (Å²) < 4.78 is 0.995. The van der Waals surface area contributed by atoms with Crippen LogP contribution in [-0.2, 0) is 17.8 Å². The highest BCUT2D eigenvalue weighted by Crippen LogP contribution is 2.27. The molecule has 2 aromatic carbocycles. The molecule has 0 atom stereocenters. The van der Waals surface area contributed by atoms with Gasteiger partial charge in [-0.2, -0.15) is 0 Å². The molecule has 4 aromatic rings. The largest absolute Gasteiger partial charge is 0.465 e. The summed E-state index contributed by atoms with van der Waals surface area (Å²) in [6, 6.07) is 14.6. The molecule has 0 aliphatic rings. The van der Waals surface area contributed by atoms with E-state index in [1.807, 2.05) is 24.3 Å². The first-order valence-electron chi connectivity index (χ1n) is 8.93. The second kappa shape index (κ2) is 8.47. The van der Waals surface area contributed by atoms with Gasteiger partial charge in [0.2, 0.25) is 5.91 Å². The fraction of sp³-hybridized carbons (Fsp3) is 0.100. The summed E-state index contributed by atoms with van der Waals surface area (Å²) in [5.74, 6) is -0.280. The van der Waals surface area contributed by atoms with Crippen molar-refractivity contribution in [2.45, 2.75) is 13.0 Å². The van der Waals surface area contributed by atoms with Crippen molar-refractivity contribution in [3.05, 3.63) is 64.6 Å². The maximum absolute atomic E-state index is 12.3. The van der Waals surface area contributed by atoms with E-state index in [2.05, 4.69) is 15.3 Å². The fourth-order valence-electron chi connectivity index (χ4n) is 2.81. The molecule has 8 nitrogen and oxygen atoms in total. The molecule has 0 unspecified atom stereocenters. The Balaban J connectivity index is 1.46. The van der Waals surface area contributed by atoms with Crippen LogP contribution in [0.2, 0.25) is 0 Å². The lowest BCUT2D eigenvalue weighted by molar-refractivity contribution is -0.115. The topological polar surface area (TPSA) is 121 Å². The number of nitrogens with two attached hydrogens (primary N) is 1. The van der Waals surface area contributed by atoms with E-state index in [1.54, 1.807) is 29.6 Å². The first kappa shape index (κ1) is 19.8. The van der Waals surface area contributed by atoms with Gasteiger partial charge in [0.15, 0.2) is 5.13 Å². The summed E-state index contributed by atoms with van der Waals surface area (Å²) in [6.45, 7) is 0.0916. The van der Waals surface area contributed by atoms with Crippen molar-refractivity contribution in [3.8, 4) is 0 Å². The molecule has 0 saturated heterocycles. The number of para-hydroxylation sites is 3. The van der Waals surface area contributed by atoms with E-state index in [1.165, 1.54) is 22.7 Å². The van der Waals surface area contributed by atoms with Gasteiger partial charge >= 0.3 is 6.09 Å². The minimum atomic E-state index is -1.13. The zero-order valence-electron chi connectivity index (χ0n) is 15.6. The van der Waals surface area contributed by atoms with Crippen LogP contribution in [-0.4, -0.2) is 27.1 Å². The lowest BCUT2D eigenvalue weighted by Crippen LogP contribution is -2.28. The third-order valence-electron chi connectivity index (χ3n) is 4.21. The van der Waals surface area contributed by atoms with Crippen LogP contribution in [0.1, 0.15) is 10.7 Å². The summed E-state index contributed by atoms with van der Waals surface area (Å²) in [6.07, 6.45) is -1.11. The number of amides is 2. The number of carbonyl (C=O) groups excluding carboxylic acids is 1. The Kier molecular flexibility index (Phi) is 5.59. The summed E-state index contributed by atoms with van der Waals surface area (Å²) in [5.41, 5.74) is 8.15. The first-order chi connectivity index (χ1) is 14.5. The van der Waals surface area contributed by atoms with Gasteiger partial charge < -0.3 is 16.2 Å². The van der Waals surface area contributed by atoms with E-state index in [0.29, 0.717) is 27.2 Å². The monoisotopic (exact) mass is 439 g/mol. The second-order valence-electron chi connectivity index (χ2n) is 6.38. The lowest BCUT2D eigenvalue weighted by atomic mass is 10.2. The Hall–Kier alpha value is -3.50. The minimum absolute atomic E-state index is 0.0133. The number of fused-ring (bicyclic) bond motifs is 1. The van der Waals surface area contributed by atoms with Crippen LogP contribution in [0.5, 0.6) is 0 Å². The average Bonchev–Trinajstić information content (AvgIpc) is 3.34. The molecule has 0 bridgehead atoms. The number of hydrogen-bond donors (Lipinski definition) is 3. The number of nitrogens with zero attached hydrogens (tertiary/aromatic N) is 3. The third-order valence-corrected chi connectivity index (χ3v) is 6.14. The average molecular weight is 440 g/mol. The number of hydrogen-bond acceptors (Lipinski definition) is 7. The SMILES string of the molecule is Nc1ccccc1NC(=O)Cc1csc(N(Cc2nc3ccccc3s2)C(=O)O)n1. The molecule has 0 aliphatic carbocycles. The van der Waals surface area contributed by atoms with Crippen LogP contribution in [0, 0.1) is 0 Å². The van der Waals surface area contributed by atoms with E-state index in [0.717, 1.165) is 15.1 Å². The molecule has 2 amide bonds. The standard InChI is InChI=1S/C20H17N5O3S2/c21-13-5-1-2-6-14(13)23-17(26)9-12-11-29-19(22-12)25(20(27)28)10-18-24-15-7-3-4-8-16(15)30-18/h1-8,11H,9-10,21H2,(H,23,26)(H,27,28). The van der Waals surface area contributed by atoms with Crippen molar-refractivity contribution in [2.75, 3.05) is 16.0 Å². The van der Waals surface area contributed by atoms with Crippen LogP contribution in [0.15, 0.2) is 53.9 Å². The first-order valence-corrected chi connectivity index (χ1v) is 10.6. The van der Waals surface area contributed by atoms with Crippen molar-refractivity contribution >= 4 is 61.4 Å². The predicted molar refractivity (Wildman–Crippen MR) is 119 cm³/mol. The highest BCUT2D eigenvalue weighted by Gasteiger charge is 2.21. The molecular formula is C20H17N5O3S2. The molecule has 0 radical (unpaired) electrons. The Labute approximate surface area is 179 Å². The summed E-state index contributed by atoms with van der Waals surface area (Å²) >= 11 is 2.61. The van der Waals surface area contributed by atoms with E-state index in [9.17, 15) is 14.7 Å². The maximum Gasteiger partial charge on any atom is 0.414 e. The Morgan fingerprint density at radius 3 is 2.63 bits per heavy atom. The van der Waals surface area contributed by atoms with E-state index in [-0.39, 0.29) is 18.9 Å². The molecule has 0 aliphatic heterocycles. The molecule has 10 heteroatoms. The number of rotatable bonds is 6. The molecule has 30 heavy (non-hydrogen) atoms. The number of anilines is 3. The summed E-state index contributed by atoms with van der Waals surface area (Å²) in [4.78, 5) is 34.1. The van der Waals surface area contributed by atoms with Crippen LogP contribution >= 0.6 is 22.7 Å². The van der Waals surface area contributed by atoms with Crippen molar-refractivity contribution in [3.63, 3.8) is 0 Å². The van der Waals surface area contributed by atoms with Gasteiger partial charge in [-0.15, -0.1) is 22.7 Å². The van der Waals surface area contributed by atoms with E-state index < -0.39 is 6.09 Å². The predicted octanol–water partition coefficient (Wildman–Crippen LogP) is 4.20. The van der Waals surface area contributed by atoms with E-state index in [4.69, 9.17) is 5.73 Å². The molecule has 2 aromatic heterocycles. The molecule has 152 valence electrons. The lowest BCUT2D eigenvalue weighted by Gasteiger charge is -2.14. The van der Waals surface area contributed by atoms with Gasteiger partial charge in [0.1, 0.15) is 5.01 Å². The third kappa shape index (κ3) is 4.39. The van der Waals surface area contributed by atoms with Crippen molar-refractivity contribution in [2.24, 2.45) is 0 Å².